The minimum absolute atomic E-state index is 0.0528. The number of aromatic carboxylic acids is 1. The summed E-state index contributed by atoms with van der Waals surface area (Å²) >= 11 is 0. The highest BCUT2D eigenvalue weighted by atomic mass is 32.2. The van der Waals surface area contributed by atoms with Crippen molar-refractivity contribution in [3.8, 4) is 0 Å². The number of carboxylic acid groups (broad SMARTS) is 1. The van der Waals surface area contributed by atoms with Crippen LogP contribution in [-0.2, 0) is 16.3 Å². The minimum Gasteiger partial charge on any atom is -0.478 e. The first-order chi connectivity index (χ1) is 9.39. The van der Waals surface area contributed by atoms with Crippen molar-refractivity contribution in [1.29, 1.82) is 0 Å². The summed E-state index contributed by atoms with van der Waals surface area (Å²) in [6.45, 7) is 0.657. The van der Waals surface area contributed by atoms with E-state index < -0.39 is 15.8 Å². The lowest BCUT2D eigenvalue weighted by Crippen LogP contribution is -2.34. The number of nitrogens with zero attached hydrogens (tertiary/aromatic N) is 1. The Labute approximate surface area is 119 Å². The summed E-state index contributed by atoms with van der Waals surface area (Å²) in [6.07, 6.45) is 1.27. The Kier molecular flexibility index (Phi) is 4.45. The zero-order valence-electron chi connectivity index (χ0n) is 11.4. The molecule has 110 valence electrons. The number of carboxylic acids is 1. The Hall–Kier alpha value is -1.40. The second kappa shape index (κ2) is 5.93. The van der Waals surface area contributed by atoms with Gasteiger partial charge in [0.1, 0.15) is 0 Å². The molecule has 0 aromatic heterocycles. The Balaban J connectivity index is 1.97. The molecule has 0 saturated carbocycles. The third-order valence-corrected chi connectivity index (χ3v) is 5.56. The van der Waals surface area contributed by atoms with Crippen LogP contribution in [0.5, 0.6) is 0 Å². The molecule has 1 saturated heterocycles. The Morgan fingerprint density at radius 1 is 1.40 bits per heavy atom. The number of hydrogen-bond donors (Lipinski definition) is 1. The summed E-state index contributed by atoms with van der Waals surface area (Å²) in [5.74, 6) is -0.454. The summed E-state index contributed by atoms with van der Waals surface area (Å²) < 4.78 is 22.9. The molecule has 1 atom stereocenters. The number of likely N-dealkylation sites (N-methyl/N-ethyl adjacent to an activating group) is 1. The van der Waals surface area contributed by atoms with Crippen LogP contribution < -0.4 is 0 Å². The standard InChI is InChI=1S/C14H19NO4S/c1-15(12-7-9-20(18,19)10-12)8-6-11-4-2-3-5-13(11)14(16)17/h2-5,12H,6-10H2,1H3,(H,16,17). The van der Waals surface area contributed by atoms with E-state index in [9.17, 15) is 13.2 Å². The van der Waals surface area contributed by atoms with Crippen LogP contribution in [-0.4, -0.2) is 55.5 Å². The van der Waals surface area contributed by atoms with Crippen LogP contribution >= 0.6 is 0 Å². The van der Waals surface area contributed by atoms with E-state index in [0.29, 0.717) is 24.9 Å². The maximum atomic E-state index is 11.5. The van der Waals surface area contributed by atoms with E-state index in [4.69, 9.17) is 5.11 Å². The van der Waals surface area contributed by atoms with E-state index in [2.05, 4.69) is 0 Å². The van der Waals surface area contributed by atoms with Gasteiger partial charge in [0, 0.05) is 12.6 Å². The lowest BCUT2D eigenvalue weighted by Gasteiger charge is -2.23. The molecule has 1 aromatic rings. The lowest BCUT2D eigenvalue weighted by atomic mass is 10.0. The molecule has 1 fully saturated rings. The SMILES string of the molecule is CN(CCc1ccccc1C(=O)O)C1CCS(=O)(=O)C1. The molecule has 1 N–H and O–H groups in total. The smallest absolute Gasteiger partial charge is 0.335 e. The van der Waals surface area contributed by atoms with E-state index >= 15 is 0 Å². The largest absolute Gasteiger partial charge is 0.478 e. The number of hydrogen-bond acceptors (Lipinski definition) is 4. The number of carbonyl (C=O) groups is 1. The van der Waals surface area contributed by atoms with Crippen LogP contribution in [0.15, 0.2) is 24.3 Å². The van der Waals surface area contributed by atoms with Gasteiger partial charge >= 0.3 is 5.97 Å². The van der Waals surface area contributed by atoms with Gasteiger partial charge < -0.3 is 10.0 Å². The van der Waals surface area contributed by atoms with Crippen molar-refractivity contribution >= 4 is 15.8 Å². The molecule has 5 nitrogen and oxygen atoms in total. The van der Waals surface area contributed by atoms with Crippen molar-refractivity contribution in [2.75, 3.05) is 25.1 Å². The van der Waals surface area contributed by atoms with Crippen LogP contribution in [0, 0.1) is 0 Å². The fourth-order valence-corrected chi connectivity index (χ4v) is 4.35. The Morgan fingerprint density at radius 3 is 2.70 bits per heavy atom. The third kappa shape index (κ3) is 3.58. The molecule has 1 aliphatic heterocycles. The van der Waals surface area contributed by atoms with Gasteiger partial charge in [-0.3, -0.25) is 0 Å². The predicted molar refractivity (Wildman–Crippen MR) is 76.8 cm³/mol. The number of rotatable bonds is 5. The van der Waals surface area contributed by atoms with Crippen LogP contribution in [0.3, 0.4) is 0 Å². The highest BCUT2D eigenvalue weighted by molar-refractivity contribution is 7.91. The molecule has 0 spiro atoms. The fraction of sp³-hybridized carbons (Fsp3) is 0.500. The van der Waals surface area contributed by atoms with Gasteiger partial charge in [0.05, 0.1) is 17.1 Å². The molecule has 2 rings (SSSR count). The van der Waals surface area contributed by atoms with Crippen molar-refractivity contribution in [2.45, 2.75) is 18.9 Å². The van der Waals surface area contributed by atoms with Crippen LogP contribution in [0.25, 0.3) is 0 Å². The highest BCUT2D eigenvalue weighted by Crippen LogP contribution is 2.17. The van der Waals surface area contributed by atoms with Crippen LogP contribution in [0.1, 0.15) is 22.3 Å². The van der Waals surface area contributed by atoms with Crippen LogP contribution in [0.4, 0.5) is 0 Å². The molecular weight excluding hydrogens is 278 g/mol. The Morgan fingerprint density at radius 2 is 2.10 bits per heavy atom. The van der Waals surface area contributed by atoms with Crippen molar-refractivity contribution in [3.63, 3.8) is 0 Å². The summed E-state index contributed by atoms with van der Waals surface area (Å²) in [4.78, 5) is 13.1. The second-order valence-electron chi connectivity index (χ2n) is 5.25. The van der Waals surface area contributed by atoms with Gasteiger partial charge in [-0.15, -0.1) is 0 Å². The maximum Gasteiger partial charge on any atom is 0.335 e. The monoisotopic (exact) mass is 297 g/mol. The van der Waals surface area contributed by atoms with Gasteiger partial charge in [0.15, 0.2) is 9.84 Å². The first-order valence-electron chi connectivity index (χ1n) is 6.61. The zero-order chi connectivity index (χ0) is 14.8. The average molecular weight is 297 g/mol. The van der Waals surface area contributed by atoms with E-state index in [0.717, 1.165) is 5.56 Å². The molecule has 20 heavy (non-hydrogen) atoms. The predicted octanol–water partition coefficient (Wildman–Crippen LogP) is 1.05. The van der Waals surface area contributed by atoms with Gasteiger partial charge in [0.25, 0.3) is 0 Å². The summed E-state index contributed by atoms with van der Waals surface area (Å²) in [7, 11) is -0.983. The molecule has 1 aromatic carbocycles. The molecule has 1 heterocycles. The zero-order valence-corrected chi connectivity index (χ0v) is 12.3. The van der Waals surface area contributed by atoms with E-state index in [-0.39, 0.29) is 17.5 Å². The molecule has 1 aliphatic rings. The molecule has 0 radical (unpaired) electrons. The van der Waals surface area contributed by atoms with Crippen molar-refractivity contribution in [3.05, 3.63) is 35.4 Å². The fourth-order valence-electron chi connectivity index (χ4n) is 2.55. The lowest BCUT2D eigenvalue weighted by molar-refractivity contribution is 0.0695. The van der Waals surface area contributed by atoms with Gasteiger partial charge in [-0.1, -0.05) is 18.2 Å². The second-order valence-corrected chi connectivity index (χ2v) is 7.48. The van der Waals surface area contributed by atoms with Gasteiger partial charge in [-0.05, 0) is 31.5 Å². The van der Waals surface area contributed by atoms with Crippen molar-refractivity contribution < 1.29 is 18.3 Å². The topological polar surface area (TPSA) is 74.7 Å². The quantitative estimate of drug-likeness (QED) is 0.879. The molecule has 0 amide bonds. The highest BCUT2D eigenvalue weighted by Gasteiger charge is 2.30. The molecular formula is C14H19NO4S. The third-order valence-electron chi connectivity index (χ3n) is 3.81. The number of benzene rings is 1. The first kappa shape index (κ1) is 15.0. The van der Waals surface area contributed by atoms with Crippen molar-refractivity contribution in [1.82, 2.24) is 4.90 Å². The van der Waals surface area contributed by atoms with Crippen LogP contribution in [0.2, 0.25) is 0 Å². The maximum absolute atomic E-state index is 11.5. The average Bonchev–Trinajstić information content (AvgIpc) is 2.76. The normalized spacial score (nSPS) is 21.2. The summed E-state index contributed by atoms with van der Waals surface area (Å²) in [5.41, 5.74) is 1.10. The molecule has 0 aliphatic carbocycles. The van der Waals surface area contributed by atoms with Gasteiger partial charge in [-0.25, -0.2) is 13.2 Å². The Bertz CT molecular complexity index is 597. The van der Waals surface area contributed by atoms with Gasteiger partial charge in [0.2, 0.25) is 0 Å². The molecule has 1 unspecified atom stereocenters. The summed E-state index contributed by atoms with van der Waals surface area (Å²) in [6, 6.07) is 6.99. The first-order valence-corrected chi connectivity index (χ1v) is 8.43. The van der Waals surface area contributed by atoms with E-state index in [1.807, 2.05) is 24.1 Å². The molecule has 0 bridgehead atoms. The van der Waals surface area contributed by atoms with Gasteiger partial charge in [-0.2, -0.15) is 0 Å². The van der Waals surface area contributed by atoms with E-state index in [1.165, 1.54) is 0 Å². The number of sulfone groups is 1. The summed E-state index contributed by atoms with van der Waals surface area (Å²) in [5, 5.41) is 9.12. The molecule has 6 heteroatoms. The van der Waals surface area contributed by atoms with E-state index in [1.54, 1.807) is 12.1 Å². The van der Waals surface area contributed by atoms with Crippen molar-refractivity contribution in [2.24, 2.45) is 0 Å². The minimum atomic E-state index is -2.88.